The first-order valence-electron chi connectivity index (χ1n) is 7.91. The lowest BCUT2D eigenvalue weighted by Gasteiger charge is -2.33. The van der Waals surface area contributed by atoms with Crippen LogP contribution in [-0.2, 0) is 5.54 Å². The molecule has 1 aliphatic heterocycles. The molecule has 0 saturated carbocycles. The van der Waals surface area contributed by atoms with Crippen molar-refractivity contribution in [2.75, 3.05) is 31.6 Å². The molecule has 1 aromatic heterocycles. The number of nitrogens with zero attached hydrogens (tertiary/aromatic N) is 3. The Bertz CT molecular complexity index is 510. The highest BCUT2D eigenvalue weighted by Gasteiger charge is 2.24. The van der Waals surface area contributed by atoms with Crippen LogP contribution in [0.5, 0.6) is 0 Å². The molecule has 2 rings (SSSR count). The van der Waals surface area contributed by atoms with Gasteiger partial charge in [0.15, 0.2) is 5.82 Å². The molecule has 1 N–H and O–H groups in total. The number of piperidine rings is 1. The van der Waals surface area contributed by atoms with Crippen molar-refractivity contribution in [1.29, 1.82) is 0 Å². The predicted octanol–water partition coefficient (Wildman–Crippen LogP) is 1.82. The van der Waals surface area contributed by atoms with E-state index >= 15 is 0 Å². The molecule has 0 aromatic carbocycles. The fourth-order valence-corrected chi connectivity index (χ4v) is 2.93. The van der Waals surface area contributed by atoms with Gasteiger partial charge in [0, 0.05) is 31.0 Å². The molecular weight excluding hydrogens is 264 g/mol. The fraction of sp³-hybridized carbons (Fsp3) is 0.750. The van der Waals surface area contributed by atoms with E-state index in [9.17, 15) is 4.79 Å². The van der Waals surface area contributed by atoms with Crippen molar-refractivity contribution in [3.05, 3.63) is 22.7 Å². The molecule has 2 heterocycles. The van der Waals surface area contributed by atoms with Crippen molar-refractivity contribution in [3.63, 3.8) is 0 Å². The van der Waals surface area contributed by atoms with Crippen LogP contribution in [0.1, 0.15) is 40.0 Å². The minimum absolute atomic E-state index is 0.0266. The monoisotopic (exact) mass is 292 g/mol. The van der Waals surface area contributed by atoms with Gasteiger partial charge in [-0.05, 0) is 59.5 Å². The standard InChI is InChI=1S/C16H28N4O/c1-16(2,3)20-12-9-18-14(15(20)21)19-10-6-13(7-11-19)5-8-17-4/h9,12-13,17H,5-8,10-11H2,1-4H3. The van der Waals surface area contributed by atoms with Gasteiger partial charge in [-0.1, -0.05) is 0 Å². The van der Waals surface area contributed by atoms with E-state index in [4.69, 9.17) is 0 Å². The Labute approximate surface area is 127 Å². The number of aromatic nitrogens is 2. The summed E-state index contributed by atoms with van der Waals surface area (Å²) in [5.41, 5.74) is -0.182. The SMILES string of the molecule is CNCCC1CCN(c2nccn(C(C)(C)C)c2=O)CC1. The highest BCUT2D eigenvalue weighted by atomic mass is 16.1. The number of nitrogens with one attached hydrogen (secondary N) is 1. The Morgan fingerprint density at radius 1 is 1.33 bits per heavy atom. The Morgan fingerprint density at radius 2 is 2.00 bits per heavy atom. The van der Waals surface area contributed by atoms with Gasteiger partial charge in [-0.3, -0.25) is 4.79 Å². The van der Waals surface area contributed by atoms with Crippen LogP contribution in [0.25, 0.3) is 0 Å². The van der Waals surface area contributed by atoms with E-state index in [2.05, 4.69) is 15.2 Å². The zero-order chi connectivity index (χ0) is 15.5. The molecule has 118 valence electrons. The third-order valence-corrected chi connectivity index (χ3v) is 4.26. The van der Waals surface area contributed by atoms with E-state index in [1.165, 1.54) is 6.42 Å². The van der Waals surface area contributed by atoms with Gasteiger partial charge in [-0.15, -0.1) is 0 Å². The average Bonchev–Trinajstić information content (AvgIpc) is 2.45. The zero-order valence-corrected chi connectivity index (χ0v) is 13.7. The van der Waals surface area contributed by atoms with E-state index in [1.807, 2.05) is 27.8 Å². The summed E-state index contributed by atoms with van der Waals surface area (Å²) in [4.78, 5) is 19.1. The minimum Gasteiger partial charge on any atom is -0.352 e. The molecule has 1 aromatic rings. The molecule has 5 nitrogen and oxygen atoms in total. The van der Waals surface area contributed by atoms with Gasteiger partial charge in [0.2, 0.25) is 0 Å². The van der Waals surface area contributed by atoms with Crippen molar-refractivity contribution in [2.45, 2.75) is 45.6 Å². The maximum atomic E-state index is 12.6. The Hall–Kier alpha value is -1.36. The maximum absolute atomic E-state index is 12.6. The predicted molar refractivity (Wildman–Crippen MR) is 87.0 cm³/mol. The first-order chi connectivity index (χ1) is 9.93. The fourth-order valence-electron chi connectivity index (χ4n) is 2.93. The van der Waals surface area contributed by atoms with Crippen molar-refractivity contribution in [1.82, 2.24) is 14.9 Å². The number of hydrogen-bond donors (Lipinski definition) is 1. The highest BCUT2D eigenvalue weighted by Crippen LogP contribution is 2.22. The van der Waals surface area contributed by atoms with Gasteiger partial charge in [0.1, 0.15) is 0 Å². The average molecular weight is 292 g/mol. The lowest BCUT2D eigenvalue weighted by Crippen LogP contribution is -2.42. The molecule has 21 heavy (non-hydrogen) atoms. The summed E-state index contributed by atoms with van der Waals surface area (Å²) in [6, 6.07) is 0. The molecule has 0 atom stereocenters. The Kier molecular flexibility index (Phi) is 5.04. The first kappa shape index (κ1) is 16.0. The minimum atomic E-state index is -0.208. The number of hydrogen-bond acceptors (Lipinski definition) is 4. The van der Waals surface area contributed by atoms with Crippen LogP contribution >= 0.6 is 0 Å². The van der Waals surface area contributed by atoms with E-state index in [0.29, 0.717) is 5.82 Å². The van der Waals surface area contributed by atoms with Gasteiger partial charge in [-0.2, -0.15) is 0 Å². The van der Waals surface area contributed by atoms with E-state index < -0.39 is 0 Å². The van der Waals surface area contributed by atoms with Crippen LogP contribution in [0.15, 0.2) is 17.2 Å². The molecule has 1 saturated heterocycles. The maximum Gasteiger partial charge on any atom is 0.293 e. The largest absolute Gasteiger partial charge is 0.352 e. The molecule has 1 fully saturated rings. The Balaban J connectivity index is 2.09. The molecule has 0 amide bonds. The number of rotatable bonds is 4. The third kappa shape index (κ3) is 3.84. The summed E-state index contributed by atoms with van der Waals surface area (Å²) >= 11 is 0. The second-order valence-corrected chi connectivity index (χ2v) is 6.92. The molecule has 1 aliphatic rings. The van der Waals surface area contributed by atoms with Crippen LogP contribution < -0.4 is 15.8 Å². The third-order valence-electron chi connectivity index (χ3n) is 4.26. The van der Waals surface area contributed by atoms with Crippen LogP contribution in [-0.4, -0.2) is 36.2 Å². The quantitative estimate of drug-likeness (QED) is 0.920. The summed E-state index contributed by atoms with van der Waals surface area (Å²) in [6.45, 7) is 9.08. The molecular formula is C16H28N4O. The van der Waals surface area contributed by atoms with Crippen LogP contribution in [0.2, 0.25) is 0 Å². The molecule has 0 aliphatic carbocycles. The summed E-state index contributed by atoms with van der Waals surface area (Å²) in [7, 11) is 2.00. The number of anilines is 1. The molecule has 0 bridgehead atoms. The van der Waals surface area contributed by atoms with Crippen LogP contribution in [0, 0.1) is 5.92 Å². The van der Waals surface area contributed by atoms with Gasteiger partial charge >= 0.3 is 0 Å². The van der Waals surface area contributed by atoms with Crippen molar-refractivity contribution < 1.29 is 0 Å². The van der Waals surface area contributed by atoms with E-state index in [-0.39, 0.29) is 11.1 Å². The lowest BCUT2D eigenvalue weighted by atomic mass is 9.93. The van der Waals surface area contributed by atoms with E-state index in [0.717, 1.165) is 38.4 Å². The smallest absolute Gasteiger partial charge is 0.293 e. The van der Waals surface area contributed by atoms with E-state index in [1.54, 1.807) is 17.0 Å². The summed E-state index contributed by atoms with van der Waals surface area (Å²) in [5, 5.41) is 3.21. The molecule has 0 unspecified atom stereocenters. The van der Waals surface area contributed by atoms with Crippen molar-refractivity contribution in [3.8, 4) is 0 Å². The van der Waals surface area contributed by atoms with Gasteiger partial charge in [-0.25, -0.2) is 4.98 Å². The normalized spacial score (nSPS) is 17.2. The van der Waals surface area contributed by atoms with Crippen molar-refractivity contribution in [2.24, 2.45) is 5.92 Å². The van der Waals surface area contributed by atoms with Crippen LogP contribution in [0.3, 0.4) is 0 Å². The Morgan fingerprint density at radius 3 is 2.57 bits per heavy atom. The van der Waals surface area contributed by atoms with Crippen LogP contribution in [0.4, 0.5) is 5.82 Å². The molecule has 0 radical (unpaired) electrons. The van der Waals surface area contributed by atoms with Gasteiger partial charge in [0.05, 0.1) is 0 Å². The van der Waals surface area contributed by atoms with Crippen molar-refractivity contribution >= 4 is 5.82 Å². The second-order valence-electron chi connectivity index (χ2n) is 6.92. The first-order valence-corrected chi connectivity index (χ1v) is 7.91. The molecule has 5 heteroatoms. The lowest BCUT2D eigenvalue weighted by molar-refractivity contribution is 0.367. The van der Waals surface area contributed by atoms with Gasteiger partial charge < -0.3 is 14.8 Å². The second kappa shape index (κ2) is 6.60. The van der Waals surface area contributed by atoms with Gasteiger partial charge in [0.25, 0.3) is 5.56 Å². The summed E-state index contributed by atoms with van der Waals surface area (Å²) in [6.07, 6.45) is 7.04. The zero-order valence-electron chi connectivity index (χ0n) is 13.7. The highest BCUT2D eigenvalue weighted by molar-refractivity contribution is 5.36. The topological polar surface area (TPSA) is 50.2 Å². The molecule has 0 spiro atoms. The summed E-state index contributed by atoms with van der Waals surface area (Å²) in [5.74, 6) is 1.38. The summed E-state index contributed by atoms with van der Waals surface area (Å²) < 4.78 is 1.78.